The van der Waals surface area contributed by atoms with Crippen LogP contribution in [0.3, 0.4) is 0 Å². The van der Waals surface area contributed by atoms with Crippen LogP contribution in [0, 0.1) is 6.92 Å². The van der Waals surface area contributed by atoms with E-state index in [4.69, 9.17) is 10.0 Å². The van der Waals surface area contributed by atoms with Crippen LogP contribution in [-0.2, 0) is 6.42 Å². The lowest BCUT2D eigenvalue weighted by atomic mass is 9.77. The van der Waals surface area contributed by atoms with Gasteiger partial charge in [-0.3, -0.25) is 0 Å². The Morgan fingerprint density at radius 2 is 2.00 bits per heavy atom. The summed E-state index contributed by atoms with van der Waals surface area (Å²) in [5.74, 6) is 0. The first-order valence-electron chi connectivity index (χ1n) is 4.10. The highest BCUT2D eigenvalue weighted by atomic mass is 16.4. The van der Waals surface area contributed by atoms with E-state index in [1.807, 2.05) is 19.1 Å². The van der Waals surface area contributed by atoms with Crippen LogP contribution in [0.15, 0.2) is 18.2 Å². The molecular formula is C9H13BO2. The summed E-state index contributed by atoms with van der Waals surface area (Å²) in [4.78, 5) is 0. The summed E-state index contributed by atoms with van der Waals surface area (Å²) in [6.45, 7) is 3.96. The average Bonchev–Trinajstić information content (AvgIpc) is 2.03. The van der Waals surface area contributed by atoms with Crippen molar-refractivity contribution in [2.24, 2.45) is 0 Å². The third-order valence-electron chi connectivity index (χ3n) is 2.02. The Hall–Kier alpha value is -0.795. The van der Waals surface area contributed by atoms with Crippen LogP contribution >= 0.6 is 0 Å². The molecule has 0 bridgehead atoms. The van der Waals surface area contributed by atoms with Crippen molar-refractivity contribution < 1.29 is 10.0 Å². The molecule has 0 radical (unpaired) electrons. The molecular weight excluding hydrogens is 151 g/mol. The molecule has 0 saturated heterocycles. The van der Waals surface area contributed by atoms with E-state index in [-0.39, 0.29) is 0 Å². The van der Waals surface area contributed by atoms with Gasteiger partial charge in [0.15, 0.2) is 0 Å². The molecule has 0 fully saturated rings. The van der Waals surface area contributed by atoms with E-state index in [1.54, 1.807) is 6.07 Å². The van der Waals surface area contributed by atoms with Gasteiger partial charge in [-0.25, -0.2) is 0 Å². The molecule has 0 aromatic heterocycles. The highest BCUT2D eigenvalue weighted by Gasteiger charge is 2.12. The van der Waals surface area contributed by atoms with Gasteiger partial charge in [0.1, 0.15) is 0 Å². The maximum absolute atomic E-state index is 8.92. The van der Waals surface area contributed by atoms with Gasteiger partial charge in [-0.15, -0.1) is 0 Å². The molecule has 0 amide bonds. The number of hydrogen-bond acceptors (Lipinski definition) is 2. The lowest BCUT2D eigenvalue weighted by Gasteiger charge is -2.05. The van der Waals surface area contributed by atoms with Gasteiger partial charge in [0.25, 0.3) is 0 Å². The van der Waals surface area contributed by atoms with Gasteiger partial charge in [0.05, 0.1) is 0 Å². The molecule has 3 heteroatoms. The fourth-order valence-corrected chi connectivity index (χ4v) is 1.25. The largest absolute Gasteiger partial charge is 0.488 e. The smallest absolute Gasteiger partial charge is 0.423 e. The molecule has 0 spiro atoms. The van der Waals surface area contributed by atoms with Crippen LogP contribution in [0.4, 0.5) is 0 Å². The minimum atomic E-state index is -1.35. The van der Waals surface area contributed by atoms with Gasteiger partial charge >= 0.3 is 7.12 Å². The fourth-order valence-electron chi connectivity index (χ4n) is 1.25. The molecule has 1 aromatic rings. The molecule has 2 nitrogen and oxygen atoms in total. The Kier molecular flexibility index (Phi) is 2.90. The maximum Gasteiger partial charge on any atom is 0.488 e. The summed E-state index contributed by atoms with van der Waals surface area (Å²) in [5.41, 5.74) is 2.74. The predicted octanol–water partition coefficient (Wildman–Crippen LogP) is 0.237. The fraction of sp³-hybridized carbons (Fsp3) is 0.333. The van der Waals surface area contributed by atoms with Crippen molar-refractivity contribution in [2.75, 3.05) is 0 Å². The highest BCUT2D eigenvalue weighted by molar-refractivity contribution is 6.59. The molecule has 0 aliphatic rings. The Morgan fingerprint density at radius 1 is 1.33 bits per heavy atom. The zero-order valence-corrected chi connectivity index (χ0v) is 7.41. The summed E-state index contributed by atoms with van der Waals surface area (Å²) in [6, 6.07) is 5.66. The normalized spacial score (nSPS) is 10.0. The third-order valence-corrected chi connectivity index (χ3v) is 2.02. The zero-order valence-electron chi connectivity index (χ0n) is 7.41. The van der Waals surface area contributed by atoms with Crippen LogP contribution in [0.2, 0.25) is 0 Å². The lowest BCUT2D eigenvalue weighted by molar-refractivity contribution is 0.425. The van der Waals surface area contributed by atoms with Gasteiger partial charge < -0.3 is 10.0 Å². The van der Waals surface area contributed by atoms with Crippen LogP contribution in [0.1, 0.15) is 18.1 Å². The molecule has 0 unspecified atom stereocenters. The van der Waals surface area contributed by atoms with E-state index in [9.17, 15) is 0 Å². The second-order valence-electron chi connectivity index (χ2n) is 2.92. The van der Waals surface area contributed by atoms with Crippen LogP contribution in [-0.4, -0.2) is 17.2 Å². The standard InChI is InChI=1S/C9H13BO2/c1-3-8-4-5-9(10(11)12)7(2)6-8/h4-6,11-12H,3H2,1-2H3. The quantitative estimate of drug-likeness (QED) is 0.614. The molecule has 0 atom stereocenters. The van der Waals surface area contributed by atoms with Crippen molar-refractivity contribution in [2.45, 2.75) is 20.3 Å². The van der Waals surface area contributed by atoms with Crippen LogP contribution in [0.25, 0.3) is 0 Å². The number of benzene rings is 1. The summed E-state index contributed by atoms with van der Waals surface area (Å²) in [6.07, 6.45) is 0.975. The van der Waals surface area contributed by atoms with Crippen molar-refractivity contribution in [3.63, 3.8) is 0 Å². The van der Waals surface area contributed by atoms with Crippen molar-refractivity contribution in [1.29, 1.82) is 0 Å². The molecule has 12 heavy (non-hydrogen) atoms. The van der Waals surface area contributed by atoms with Crippen molar-refractivity contribution in [3.05, 3.63) is 29.3 Å². The number of aryl methyl sites for hydroxylation is 2. The average molecular weight is 164 g/mol. The molecule has 0 aliphatic carbocycles. The molecule has 1 aromatic carbocycles. The Bertz CT molecular complexity index is 271. The highest BCUT2D eigenvalue weighted by Crippen LogP contribution is 2.02. The number of rotatable bonds is 2. The monoisotopic (exact) mass is 164 g/mol. The van der Waals surface area contributed by atoms with Crippen molar-refractivity contribution >= 4 is 12.6 Å². The molecule has 64 valence electrons. The van der Waals surface area contributed by atoms with Gasteiger partial charge in [-0.2, -0.15) is 0 Å². The molecule has 0 aliphatic heterocycles. The minimum absolute atomic E-state index is 0.590. The molecule has 2 N–H and O–H groups in total. The molecule has 0 heterocycles. The number of hydrogen-bond donors (Lipinski definition) is 2. The van der Waals surface area contributed by atoms with Crippen molar-refractivity contribution in [1.82, 2.24) is 0 Å². The van der Waals surface area contributed by atoms with Crippen LogP contribution < -0.4 is 5.46 Å². The van der Waals surface area contributed by atoms with Crippen LogP contribution in [0.5, 0.6) is 0 Å². The van der Waals surface area contributed by atoms with E-state index < -0.39 is 7.12 Å². The van der Waals surface area contributed by atoms with E-state index in [2.05, 4.69) is 6.92 Å². The van der Waals surface area contributed by atoms with E-state index in [0.29, 0.717) is 5.46 Å². The second-order valence-corrected chi connectivity index (χ2v) is 2.92. The second kappa shape index (κ2) is 3.74. The van der Waals surface area contributed by atoms with Crippen molar-refractivity contribution in [3.8, 4) is 0 Å². The summed E-state index contributed by atoms with van der Waals surface area (Å²) in [5, 5.41) is 17.8. The minimum Gasteiger partial charge on any atom is -0.423 e. The topological polar surface area (TPSA) is 40.5 Å². The van der Waals surface area contributed by atoms with Gasteiger partial charge in [-0.1, -0.05) is 30.7 Å². The van der Waals surface area contributed by atoms with E-state index >= 15 is 0 Å². The van der Waals surface area contributed by atoms with Gasteiger partial charge in [0.2, 0.25) is 0 Å². The molecule has 1 rings (SSSR count). The lowest BCUT2D eigenvalue weighted by Crippen LogP contribution is -2.32. The molecule has 0 saturated carbocycles. The summed E-state index contributed by atoms with van der Waals surface area (Å²) < 4.78 is 0. The van der Waals surface area contributed by atoms with Gasteiger partial charge in [-0.05, 0) is 24.4 Å². The first-order chi connectivity index (χ1) is 5.65. The van der Waals surface area contributed by atoms with E-state index in [0.717, 1.165) is 12.0 Å². The zero-order chi connectivity index (χ0) is 9.14. The third kappa shape index (κ3) is 1.87. The Morgan fingerprint density at radius 3 is 2.42 bits per heavy atom. The van der Waals surface area contributed by atoms with Gasteiger partial charge in [0, 0.05) is 0 Å². The summed E-state index contributed by atoms with van der Waals surface area (Å²) >= 11 is 0. The Labute approximate surface area is 73.0 Å². The Balaban J connectivity index is 3.03. The SMILES string of the molecule is CCc1ccc(B(O)O)c(C)c1. The van der Waals surface area contributed by atoms with E-state index in [1.165, 1.54) is 5.56 Å². The first kappa shape index (κ1) is 9.29. The first-order valence-corrected chi connectivity index (χ1v) is 4.10. The summed E-state index contributed by atoms with van der Waals surface area (Å²) in [7, 11) is -1.35. The maximum atomic E-state index is 8.92. The predicted molar refractivity (Wildman–Crippen MR) is 50.4 cm³/mol.